The van der Waals surface area contributed by atoms with Crippen LogP contribution in [0.2, 0.25) is 0 Å². The first-order valence-corrected chi connectivity index (χ1v) is 11.8. The van der Waals surface area contributed by atoms with Crippen LogP contribution in [-0.2, 0) is 14.8 Å². The van der Waals surface area contributed by atoms with Crippen LogP contribution in [0.25, 0.3) is 0 Å². The van der Waals surface area contributed by atoms with Gasteiger partial charge in [0.05, 0.1) is 18.4 Å². The first-order valence-electron chi connectivity index (χ1n) is 9.89. The Kier molecular flexibility index (Phi) is 6.86. The summed E-state index contributed by atoms with van der Waals surface area (Å²) in [5.41, 5.74) is 1.44. The molecular weight excluding hydrogens is 394 g/mol. The minimum Gasteiger partial charge on any atom is -0.341 e. The van der Waals surface area contributed by atoms with Gasteiger partial charge in [-0.2, -0.15) is 0 Å². The molecular formula is C19H29N5O4S. The van der Waals surface area contributed by atoms with E-state index in [1.165, 1.54) is 0 Å². The predicted molar refractivity (Wildman–Crippen MR) is 109 cm³/mol. The number of hydrogen-bond donors (Lipinski definition) is 1. The Morgan fingerprint density at radius 1 is 1.14 bits per heavy atom. The number of piperidine rings is 1. The molecule has 0 bridgehead atoms. The van der Waals surface area contributed by atoms with Gasteiger partial charge in [-0.3, -0.25) is 14.6 Å². The zero-order valence-electron chi connectivity index (χ0n) is 17.0. The van der Waals surface area contributed by atoms with Crippen LogP contribution in [0.3, 0.4) is 0 Å². The van der Waals surface area contributed by atoms with E-state index in [2.05, 4.69) is 14.6 Å². The first-order chi connectivity index (χ1) is 13.7. The second-order valence-corrected chi connectivity index (χ2v) is 9.67. The molecule has 2 aliphatic heterocycles. The van der Waals surface area contributed by atoms with Gasteiger partial charge in [-0.05, 0) is 32.0 Å². The lowest BCUT2D eigenvalue weighted by Crippen LogP contribution is -2.47. The maximum Gasteiger partial charge on any atom is 0.255 e. The van der Waals surface area contributed by atoms with Crippen molar-refractivity contribution in [1.29, 1.82) is 0 Å². The fraction of sp³-hybridized carbons (Fsp3) is 0.632. The molecule has 1 aromatic heterocycles. The minimum absolute atomic E-state index is 0.00412. The fourth-order valence-corrected chi connectivity index (χ4v) is 4.10. The molecule has 0 aliphatic carbocycles. The number of sulfonamides is 1. The van der Waals surface area contributed by atoms with Crippen molar-refractivity contribution in [3.63, 3.8) is 0 Å². The summed E-state index contributed by atoms with van der Waals surface area (Å²) < 4.78 is 24.6. The zero-order valence-corrected chi connectivity index (χ0v) is 17.8. The maximum atomic E-state index is 12.6. The Labute approximate surface area is 172 Å². The number of likely N-dealkylation sites (tertiary alicyclic amines) is 1. The molecule has 0 spiro atoms. The van der Waals surface area contributed by atoms with Crippen LogP contribution in [0.1, 0.15) is 34.8 Å². The van der Waals surface area contributed by atoms with Crippen LogP contribution in [0.5, 0.6) is 0 Å². The van der Waals surface area contributed by atoms with Gasteiger partial charge in [0.2, 0.25) is 15.9 Å². The monoisotopic (exact) mass is 423 g/mol. The highest BCUT2D eigenvalue weighted by Crippen LogP contribution is 2.25. The SMILES string of the molecule is CN1CCN(C(=O)c2ccc([C@H]3CCCN(C(=O)CNS(C)(=O)=O)C3)nc2)CC1. The molecule has 2 amide bonds. The molecule has 1 atom stereocenters. The highest BCUT2D eigenvalue weighted by atomic mass is 32.2. The molecule has 2 aliphatic rings. The summed E-state index contributed by atoms with van der Waals surface area (Å²) >= 11 is 0. The average Bonchev–Trinajstić information content (AvgIpc) is 2.72. The van der Waals surface area contributed by atoms with Gasteiger partial charge >= 0.3 is 0 Å². The molecule has 160 valence electrons. The lowest BCUT2D eigenvalue weighted by Gasteiger charge is -2.33. The Balaban J connectivity index is 1.59. The molecule has 1 N–H and O–H groups in total. The third-order valence-corrected chi connectivity index (χ3v) is 6.17. The number of nitrogens with one attached hydrogen (secondary N) is 1. The summed E-state index contributed by atoms with van der Waals surface area (Å²) in [5, 5.41) is 0. The van der Waals surface area contributed by atoms with Crippen molar-refractivity contribution in [3.05, 3.63) is 29.6 Å². The molecule has 29 heavy (non-hydrogen) atoms. The topological polar surface area (TPSA) is 103 Å². The standard InChI is InChI=1S/C19H29N5O4S/c1-22-8-10-23(11-9-22)19(26)15-5-6-17(20-12-15)16-4-3-7-24(14-16)18(25)13-21-29(2,27)28/h5-6,12,16,21H,3-4,7-11,13-14H2,1-2H3/t16-/m0/s1. The van der Waals surface area contributed by atoms with Gasteiger partial charge in [0.15, 0.2) is 0 Å². The lowest BCUT2D eigenvalue weighted by atomic mass is 9.94. The number of nitrogens with zero attached hydrogens (tertiary/aromatic N) is 4. The molecule has 0 saturated carbocycles. The van der Waals surface area contributed by atoms with Crippen molar-refractivity contribution < 1.29 is 18.0 Å². The molecule has 10 heteroatoms. The van der Waals surface area contributed by atoms with Gasteiger partial charge in [0.25, 0.3) is 5.91 Å². The van der Waals surface area contributed by atoms with Gasteiger partial charge in [0, 0.05) is 57.1 Å². The van der Waals surface area contributed by atoms with Crippen molar-refractivity contribution in [2.75, 3.05) is 59.1 Å². The van der Waals surface area contributed by atoms with Crippen LogP contribution in [0, 0.1) is 0 Å². The fourth-order valence-electron chi connectivity index (χ4n) is 3.72. The first kappa shape index (κ1) is 21.7. The molecule has 1 aromatic rings. The van der Waals surface area contributed by atoms with E-state index >= 15 is 0 Å². The van der Waals surface area contributed by atoms with Gasteiger partial charge in [-0.1, -0.05) is 0 Å². The summed E-state index contributed by atoms with van der Waals surface area (Å²) in [6.07, 6.45) is 4.40. The van der Waals surface area contributed by atoms with E-state index in [4.69, 9.17) is 0 Å². The highest BCUT2D eigenvalue weighted by Gasteiger charge is 2.26. The van der Waals surface area contributed by atoms with E-state index in [0.717, 1.165) is 51.0 Å². The number of hydrogen-bond acceptors (Lipinski definition) is 6. The van der Waals surface area contributed by atoms with Crippen LogP contribution in [-0.4, -0.2) is 99.0 Å². The molecule has 0 radical (unpaired) electrons. The van der Waals surface area contributed by atoms with E-state index in [1.54, 1.807) is 11.1 Å². The van der Waals surface area contributed by atoms with E-state index in [9.17, 15) is 18.0 Å². The van der Waals surface area contributed by atoms with E-state index in [-0.39, 0.29) is 24.3 Å². The van der Waals surface area contributed by atoms with Crippen LogP contribution in [0.15, 0.2) is 18.3 Å². The zero-order chi connectivity index (χ0) is 21.0. The molecule has 0 unspecified atom stereocenters. The number of likely N-dealkylation sites (N-methyl/N-ethyl adjacent to an activating group) is 1. The molecule has 3 rings (SSSR count). The van der Waals surface area contributed by atoms with Gasteiger partial charge in [0.1, 0.15) is 0 Å². The Morgan fingerprint density at radius 2 is 1.86 bits per heavy atom. The van der Waals surface area contributed by atoms with E-state index in [0.29, 0.717) is 18.7 Å². The predicted octanol–water partition coefficient (Wildman–Crippen LogP) is -0.276. The summed E-state index contributed by atoms with van der Waals surface area (Å²) in [5.74, 6) is -0.148. The van der Waals surface area contributed by atoms with Crippen molar-refractivity contribution in [2.24, 2.45) is 0 Å². The molecule has 9 nitrogen and oxygen atoms in total. The van der Waals surface area contributed by atoms with Crippen molar-refractivity contribution in [3.8, 4) is 0 Å². The van der Waals surface area contributed by atoms with Crippen molar-refractivity contribution >= 4 is 21.8 Å². The minimum atomic E-state index is -3.40. The summed E-state index contributed by atoms with van der Waals surface area (Å²) in [6, 6.07) is 3.69. The number of amides is 2. The highest BCUT2D eigenvalue weighted by molar-refractivity contribution is 7.88. The van der Waals surface area contributed by atoms with Crippen molar-refractivity contribution in [2.45, 2.75) is 18.8 Å². The van der Waals surface area contributed by atoms with Gasteiger partial charge in [-0.25, -0.2) is 13.1 Å². The Bertz CT molecular complexity index is 835. The Morgan fingerprint density at radius 3 is 2.48 bits per heavy atom. The smallest absolute Gasteiger partial charge is 0.255 e. The van der Waals surface area contributed by atoms with E-state index in [1.807, 2.05) is 24.1 Å². The number of rotatable bonds is 5. The number of carbonyl (C=O) groups is 2. The van der Waals surface area contributed by atoms with Crippen LogP contribution in [0.4, 0.5) is 0 Å². The number of pyridine rings is 1. The maximum absolute atomic E-state index is 12.6. The number of carbonyl (C=O) groups excluding carboxylic acids is 2. The number of aromatic nitrogens is 1. The second-order valence-electron chi connectivity index (χ2n) is 7.84. The second kappa shape index (κ2) is 9.19. The lowest BCUT2D eigenvalue weighted by molar-refractivity contribution is -0.131. The van der Waals surface area contributed by atoms with Gasteiger partial charge < -0.3 is 14.7 Å². The molecule has 3 heterocycles. The third kappa shape index (κ3) is 5.97. The summed E-state index contributed by atoms with van der Waals surface area (Å²) in [4.78, 5) is 35.2. The number of piperazine rings is 1. The van der Waals surface area contributed by atoms with Crippen LogP contribution >= 0.6 is 0 Å². The Hall–Kier alpha value is -2.04. The van der Waals surface area contributed by atoms with Crippen molar-refractivity contribution in [1.82, 2.24) is 24.4 Å². The molecule has 0 aromatic carbocycles. The normalized spacial score (nSPS) is 21.2. The third-order valence-electron chi connectivity index (χ3n) is 5.50. The molecule has 2 saturated heterocycles. The van der Waals surface area contributed by atoms with Gasteiger partial charge in [-0.15, -0.1) is 0 Å². The van der Waals surface area contributed by atoms with Crippen LogP contribution < -0.4 is 4.72 Å². The van der Waals surface area contributed by atoms with E-state index < -0.39 is 10.0 Å². The summed E-state index contributed by atoms with van der Waals surface area (Å²) in [7, 11) is -1.35. The quantitative estimate of drug-likeness (QED) is 0.699. The average molecular weight is 424 g/mol. The largest absolute Gasteiger partial charge is 0.341 e. The molecule has 2 fully saturated rings. The summed E-state index contributed by atoms with van der Waals surface area (Å²) in [6.45, 7) is 4.08.